The Kier molecular flexibility index (Phi) is 4.28. The first kappa shape index (κ1) is 14.8. The lowest BCUT2D eigenvalue weighted by Gasteiger charge is -2.29. The second-order valence-corrected chi connectivity index (χ2v) is 7.35. The summed E-state index contributed by atoms with van der Waals surface area (Å²) in [5.74, 6) is -0.645. The van der Waals surface area contributed by atoms with Gasteiger partial charge in [-0.05, 0) is 18.4 Å². The molecule has 1 aliphatic heterocycles. The van der Waals surface area contributed by atoms with Gasteiger partial charge in [0.05, 0.1) is 6.61 Å². The summed E-state index contributed by atoms with van der Waals surface area (Å²) in [6.45, 7) is 0.224. The molecule has 0 bridgehead atoms. The maximum absolute atomic E-state index is 12.3. The Labute approximate surface area is 119 Å². The van der Waals surface area contributed by atoms with Crippen LogP contribution in [0.25, 0.3) is 0 Å². The second-order valence-electron chi connectivity index (χ2n) is 5.03. The number of sulfone groups is 1. The average molecular weight is 294 g/mol. The van der Waals surface area contributed by atoms with Gasteiger partial charge in [0, 0.05) is 12.7 Å². The largest absolute Gasteiger partial charge is 0.464 e. The van der Waals surface area contributed by atoms with E-state index in [4.69, 9.17) is 4.74 Å². The van der Waals surface area contributed by atoms with Crippen LogP contribution in [0.4, 0.5) is 0 Å². The third-order valence-electron chi connectivity index (χ3n) is 3.55. The molecule has 0 radical (unpaired) electrons. The van der Waals surface area contributed by atoms with Crippen LogP contribution < -0.4 is 0 Å². The van der Waals surface area contributed by atoms with Gasteiger partial charge in [0.1, 0.15) is 0 Å². The Morgan fingerprint density at radius 2 is 1.90 bits per heavy atom. The molecule has 1 aromatic rings. The van der Waals surface area contributed by atoms with E-state index in [9.17, 15) is 13.2 Å². The first-order chi connectivity index (χ1) is 9.46. The number of cyclic esters (lactones) is 1. The molecular formula is C15H18O4S. The van der Waals surface area contributed by atoms with Gasteiger partial charge in [-0.15, -0.1) is 0 Å². The minimum Gasteiger partial charge on any atom is -0.464 e. The number of benzene rings is 1. The molecule has 1 heterocycles. The standard InChI is InChI=1S/C15H18O4S/c1-20(17,18)15(12-13-8-4-2-5-9-13)10-6-3-7-11-19-14(15)16/h2-6,8-9H,7,10-12H2,1H3/b6-3-/t15-/m1/s1. The van der Waals surface area contributed by atoms with Gasteiger partial charge in [0.15, 0.2) is 14.6 Å². The monoisotopic (exact) mass is 294 g/mol. The number of allylic oxidation sites excluding steroid dienone is 1. The predicted octanol–water partition coefficient (Wildman–Crippen LogP) is 1.91. The molecule has 4 nitrogen and oxygen atoms in total. The molecule has 2 rings (SSSR count). The maximum Gasteiger partial charge on any atom is 0.328 e. The van der Waals surface area contributed by atoms with Crippen molar-refractivity contribution in [2.24, 2.45) is 0 Å². The highest BCUT2D eigenvalue weighted by Crippen LogP contribution is 2.30. The van der Waals surface area contributed by atoms with Crippen molar-refractivity contribution < 1.29 is 17.9 Å². The number of rotatable bonds is 3. The summed E-state index contributed by atoms with van der Waals surface area (Å²) < 4.78 is 28.1. The quantitative estimate of drug-likeness (QED) is 0.631. The predicted molar refractivity (Wildman–Crippen MR) is 77.1 cm³/mol. The Bertz CT molecular complexity index is 604. The van der Waals surface area contributed by atoms with Crippen molar-refractivity contribution in [2.45, 2.75) is 24.0 Å². The summed E-state index contributed by atoms with van der Waals surface area (Å²) in [6, 6.07) is 9.16. The van der Waals surface area contributed by atoms with Crippen LogP contribution in [0.2, 0.25) is 0 Å². The third-order valence-corrected chi connectivity index (χ3v) is 5.44. The highest BCUT2D eigenvalue weighted by molar-refractivity contribution is 7.92. The van der Waals surface area contributed by atoms with E-state index in [1.54, 1.807) is 6.08 Å². The van der Waals surface area contributed by atoms with Crippen LogP contribution in [0.15, 0.2) is 42.5 Å². The SMILES string of the molecule is CS(=O)(=O)[C@@]1(Cc2ccccc2)C/C=C\CCOC1=O. The lowest BCUT2D eigenvalue weighted by atomic mass is 9.94. The molecule has 1 aliphatic rings. The van der Waals surface area contributed by atoms with Crippen LogP contribution in [0.5, 0.6) is 0 Å². The zero-order chi connectivity index (χ0) is 14.6. The molecule has 0 amide bonds. The van der Waals surface area contributed by atoms with Gasteiger partial charge < -0.3 is 4.74 Å². The van der Waals surface area contributed by atoms with Crippen LogP contribution in [0.1, 0.15) is 18.4 Å². The highest BCUT2D eigenvalue weighted by atomic mass is 32.2. The lowest BCUT2D eigenvalue weighted by Crippen LogP contribution is -2.49. The van der Waals surface area contributed by atoms with Gasteiger partial charge in [0.25, 0.3) is 0 Å². The van der Waals surface area contributed by atoms with Gasteiger partial charge in [-0.1, -0.05) is 42.5 Å². The average Bonchev–Trinajstić information content (AvgIpc) is 2.38. The number of carbonyl (C=O) groups excluding carboxylic acids is 1. The molecule has 0 spiro atoms. The topological polar surface area (TPSA) is 60.4 Å². The van der Waals surface area contributed by atoms with Crippen LogP contribution in [0.3, 0.4) is 0 Å². The Balaban J connectivity index is 2.46. The number of ether oxygens (including phenoxy) is 1. The molecule has 0 unspecified atom stereocenters. The summed E-state index contributed by atoms with van der Waals surface area (Å²) in [5, 5.41) is 0. The van der Waals surface area contributed by atoms with Crippen molar-refractivity contribution in [3.8, 4) is 0 Å². The van der Waals surface area contributed by atoms with E-state index in [2.05, 4.69) is 0 Å². The van der Waals surface area contributed by atoms with E-state index in [1.807, 2.05) is 36.4 Å². The molecule has 108 valence electrons. The molecule has 0 aliphatic carbocycles. The van der Waals surface area contributed by atoms with E-state index < -0.39 is 20.6 Å². The minimum absolute atomic E-state index is 0.135. The molecule has 20 heavy (non-hydrogen) atoms. The summed E-state index contributed by atoms with van der Waals surface area (Å²) >= 11 is 0. The molecule has 0 saturated carbocycles. The van der Waals surface area contributed by atoms with Crippen molar-refractivity contribution in [1.82, 2.24) is 0 Å². The molecule has 1 atom stereocenters. The van der Waals surface area contributed by atoms with Crippen LogP contribution in [-0.2, 0) is 25.8 Å². The fourth-order valence-corrected chi connectivity index (χ4v) is 3.52. The van der Waals surface area contributed by atoms with Crippen molar-refractivity contribution in [3.63, 3.8) is 0 Å². The van der Waals surface area contributed by atoms with Crippen LogP contribution in [0, 0.1) is 0 Å². The van der Waals surface area contributed by atoms with E-state index in [0.29, 0.717) is 6.42 Å². The molecule has 1 aromatic carbocycles. The van der Waals surface area contributed by atoms with Crippen LogP contribution >= 0.6 is 0 Å². The fraction of sp³-hybridized carbons (Fsp3) is 0.400. The van der Waals surface area contributed by atoms with Crippen molar-refractivity contribution in [2.75, 3.05) is 12.9 Å². The summed E-state index contributed by atoms with van der Waals surface area (Å²) in [4.78, 5) is 12.3. The van der Waals surface area contributed by atoms with Crippen molar-refractivity contribution in [1.29, 1.82) is 0 Å². The normalized spacial score (nSPS) is 25.4. The first-order valence-electron chi connectivity index (χ1n) is 6.51. The molecule has 0 saturated heterocycles. The molecule has 0 N–H and O–H groups in total. The van der Waals surface area contributed by atoms with Crippen molar-refractivity contribution in [3.05, 3.63) is 48.0 Å². The Hall–Kier alpha value is -1.62. The van der Waals surface area contributed by atoms with Gasteiger partial charge in [-0.25, -0.2) is 8.42 Å². The number of hydrogen-bond acceptors (Lipinski definition) is 4. The lowest BCUT2D eigenvalue weighted by molar-refractivity contribution is -0.146. The van der Waals surface area contributed by atoms with Gasteiger partial charge >= 0.3 is 5.97 Å². The molecule has 0 fully saturated rings. The Morgan fingerprint density at radius 3 is 2.55 bits per heavy atom. The van der Waals surface area contributed by atoms with Crippen LogP contribution in [-0.4, -0.2) is 32.0 Å². The van der Waals surface area contributed by atoms with Gasteiger partial charge in [0.2, 0.25) is 0 Å². The second kappa shape index (κ2) is 5.79. The Morgan fingerprint density at radius 1 is 1.20 bits per heavy atom. The molecular weight excluding hydrogens is 276 g/mol. The first-order valence-corrected chi connectivity index (χ1v) is 8.41. The number of esters is 1. The zero-order valence-corrected chi connectivity index (χ0v) is 12.2. The minimum atomic E-state index is -3.60. The zero-order valence-electron chi connectivity index (χ0n) is 11.4. The highest BCUT2D eigenvalue weighted by Gasteiger charge is 2.49. The molecule has 5 heteroatoms. The molecule has 0 aromatic heterocycles. The van der Waals surface area contributed by atoms with Crippen molar-refractivity contribution >= 4 is 15.8 Å². The van der Waals surface area contributed by atoms with E-state index in [0.717, 1.165) is 11.8 Å². The third kappa shape index (κ3) is 2.93. The van der Waals surface area contributed by atoms with E-state index >= 15 is 0 Å². The van der Waals surface area contributed by atoms with Gasteiger partial charge in [-0.2, -0.15) is 0 Å². The summed E-state index contributed by atoms with van der Waals surface area (Å²) in [5.41, 5.74) is 0.809. The van der Waals surface area contributed by atoms with E-state index in [1.165, 1.54) is 0 Å². The summed E-state index contributed by atoms with van der Waals surface area (Å²) in [6.07, 6.45) is 5.64. The fourth-order valence-electron chi connectivity index (χ4n) is 2.33. The smallest absolute Gasteiger partial charge is 0.328 e. The van der Waals surface area contributed by atoms with E-state index in [-0.39, 0.29) is 19.4 Å². The van der Waals surface area contributed by atoms with Gasteiger partial charge in [-0.3, -0.25) is 4.79 Å². The maximum atomic E-state index is 12.3. The number of carbonyl (C=O) groups is 1. The number of hydrogen-bond donors (Lipinski definition) is 0. The summed E-state index contributed by atoms with van der Waals surface area (Å²) in [7, 11) is -3.60.